The van der Waals surface area contributed by atoms with Crippen LogP contribution in [0.1, 0.15) is 26.2 Å². The highest BCUT2D eigenvalue weighted by atomic mass is 19.3. The van der Waals surface area contributed by atoms with Gasteiger partial charge in [-0.3, -0.25) is 4.79 Å². The molecule has 0 aromatic carbocycles. The van der Waals surface area contributed by atoms with Crippen LogP contribution in [0.2, 0.25) is 0 Å². The number of carbonyl (C=O) groups excluding carboxylic acids is 1. The first-order valence-corrected chi connectivity index (χ1v) is 4.76. The van der Waals surface area contributed by atoms with E-state index in [0.717, 1.165) is 0 Å². The van der Waals surface area contributed by atoms with Gasteiger partial charge in [-0.05, 0) is 13.3 Å². The zero-order valence-electron chi connectivity index (χ0n) is 8.13. The number of ether oxygens (including phenoxy) is 1. The average Bonchev–Trinajstić information content (AvgIpc) is 2.10. The summed E-state index contributed by atoms with van der Waals surface area (Å²) in [6.45, 7) is 1.85. The Balaban J connectivity index is 2.61. The number of rotatable bonds is 2. The molecule has 2 atom stereocenters. The van der Waals surface area contributed by atoms with Crippen molar-refractivity contribution in [1.82, 2.24) is 0 Å². The molecule has 0 aliphatic heterocycles. The molecule has 0 heterocycles. The second-order valence-electron chi connectivity index (χ2n) is 3.62. The molecule has 0 saturated heterocycles. The van der Waals surface area contributed by atoms with Gasteiger partial charge in [-0.25, -0.2) is 8.78 Å². The molecule has 14 heavy (non-hydrogen) atoms. The summed E-state index contributed by atoms with van der Waals surface area (Å²) >= 11 is 0. The van der Waals surface area contributed by atoms with Crippen molar-refractivity contribution in [3.63, 3.8) is 0 Å². The van der Waals surface area contributed by atoms with Gasteiger partial charge in [0.1, 0.15) is 0 Å². The fraction of sp³-hybridized carbons (Fsp3) is 0.889. The Morgan fingerprint density at radius 1 is 1.64 bits per heavy atom. The second-order valence-corrected chi connectivity index (χ2v) is 3.62. The van der Waals surface area contributed by atoms with Crippen LogP contribution in [0.25, 0.3) is 0 Å². The Labute approximate surface area is 81.6 Å². The lowest BCUT2D eigenvalue weighted by molar-refractivity contribution is -0.156. The number of hydrogen-bond acceptors (Lipinski definition) is 3. The minimum Gasteiger partial charge on any atom is -0.466 e. The number of alkyl halides is 2. The van der Waals surface area contributed by atoms with E-state index in [1.54, 1.807) is 6.92 Å². The van der Waals surface area contributed by atoms with Gasteiger partial charge in [-0.15, -0.1) is 0 Å². The maximum atomic E-state index is 13.0. The largest absolute Gasteiger partial charge is 0.466 e. The van der Waals surface area contributed by atoms with Crippen LogP contribution in [-0.2, 0) is 9.53 Å². The number of hydrogen-bond donors (Lipinski definition) is 1. The number of nitrogens with two attached hydrogens (primary N) is 1. The fourth-order valence-corrected chi connectivity index (χ4v) is 1.66. The molecule has 0 radical (unpaired) electrons. The topological polar surface area (TPSA) is 52.3 Å². The van der Waals surface area contributed by atoms with Gasteiger partial charge in [0, 0.05) is 18.9 Å². The predicted molar refractivity (Wildman–Crippen MR) is 46.9 cm³/mol. The Bertz CT molecular complexity index is 221. The number of halogens is 2. The summed E-state index contributed by atoms with van der Waals surface area (Å²) in [5, 5.41) is 0. The normalized spacial score (nSPS) is 31.1. The Morgan fingerprint density at radius 3 is 2.86 bits per heavy atom. The van der Waals surface area contributed by atoms with E-state index in [0.29, 0.717) is 0 Å². The van der Waals surface area contributed by atoms with Gasteiger partial charge in [0.2, 0.25) is 5.92 Å². The molecule has 0 bridgehead atoms. The summed E-state index contributed by atoms with van der Waals surface area (Å²) in [5.74, 6) is -4.22. The predicted octanol–water partition coefficient (Wildman–Crippen LogP) is 1.31. The summed E-state index contributed by atoms with van der Waals surface area (Å²) in [6.07, 6.45) is -0.534. The summed E-state index contributed by atoms with van der Waals surface area (Å²) in [6, 6.07) is -0.492. The van der Waals surface area contributed by atoms with Crippen LogP contribution in [-0.4, -0.2) is 24.5 Å². The SMILES string of the molecule is CCOC(=O)C1CC(F)(F)CCC1N. The molecule has 5 heteroatoms. The van der Waals surface area contributed by atoms with Crippen molar-refractivity contribution in [2.24, 2.45) is 11.7 Å². The van der Waals surface area contributed by atoms with Gasteiger partial charge in [0.15, 0.2) is 0 Å². The minimum atomic E-state index is -2.77. The summed E-state index contributed by atoms with van der Waals surface area (Å²) in [7, 11) is 0. The van der Waals surface area contributed by atoms with E-state index in [1.807, 2.05) is 0 Å². The van der Waals surface area contributed by atoms with Crippen LogP contribution >= 0.6 is 0 Å². The lowest BCUT2D eigenvalue weighted by Crippen LogP contribution is -2.45. The molecule has 1 saturated carbocycles. The van der Waals surface area contributed by atoms with Crippen molar-refractivity contribution in [3.05, 3.63) is 0 Å². The van der Waals surface area contributed by atoms with Gasteiger partial charge in [-0.1, -0.05) is 0 Å². The smallest absolute Gasteiger partial charge is 0.310 e. The zero-order chi connectivity index (χ0) is 10.8. The molecule has 82 valence electrons. The summed E-state index contributed by atoms with van der Waals surface area (Å²) in [4.78, 5) is 11.3. The lowest BCUT2D eigenvalue weighted by atomic mass is 9.83. The maximum Gasteiger partial charge on any atom is 0.310 e. The van der Waals surface area contributed by atoms with Crippen LogP contribution in [0.15, 0.2) is 0 Å². The van der Waals surface area contributed by atoms with Crippen molar-refractivity contribution >= 4 is 5.97 Å². The third-order valence-electron chi connectivity index (χ3n) is 2.47. The molecule has 0 aromatic heterocycles. The molecule has 0 aromatic rings. The average molecular weight is 207 g/mol. The van der Waals surface area contributed by atoms with Crippen LogP contribution in [0.5, 0.6) is 0 Å². The molecule has 1 aliphatic rings. The maximum absolute atomic E-state index is 13.0. The first-order chi connectivity index (χ1) is 6.46. The first kappa shape index (κ1) is 11.4. The van der Waals surface area contributed by atoms with Gasteiger partial charge < -0.3 is 10.5 Å². The number of carbonyl (C=O) groups is 1. The van der Waals surface area contributed by atoms with E-state index < -0.39 is 30.3 Å². The summed E-state index contributed by atoms with van der Waals surface area (Å²) in [5.41, 5.74) is 5.60. The van der Waals surface area contributed by atoms with Gasteiger partial charge in [0.25, 0.3) is 0 Å². The Kier molecular flexibility index (Phi) is 3.42. The zero-order valence-corrected chi connectivity index (χ0v) is 8.13. The highest BCUT2D eigenvalue weighted by molar-refractivity contribution is 5.73. The number of esters is 1. The third kappa shape index (κ3) is 2.64. The van der Waals surface area contributed by atoms with Gasteiger partial charge in [0.05, 0.1) is 12.5 Å². The first-order valence-electron chi connectivity index (χ1n) is 4.76. The van der Waals surface area contributed by atoms with Crippen LogP contribution < -0.4 is 5.73 Å². The van der Waals surface area contributed by atoms with Gasteiger partial charge >= 0.3 is 5.97 Å². The summed E-state index contributed by atoms with van der Waals surface area (Å²) < 4.78 is 30.6. The van der Waals surface area contributed by atoms with E-state index in [-0.39, 0.29) is 19.4 Å². The van der Waals surface area contributed by atoms with Crippen molar-refractivity contribution < 1.29 is 18.3 Å². The highest BCUT2D eigenvalue weighted by Gasteiger charge is 2.43. The molecule has 2 unspecified atom stereocenters. The van der Waals surface area contributed by atoms with Crippen molar-refractivity contribution in [2.45, 2.75) is 38.2 Å². The molecule has 1 rings (SSSR count). The molecule has 1 aliphatic carbocycles. The molecule has 3 nitrogen and oxygen atoms in total. The van der Waals surface area contributed by atoms with E-state index in [4.69, 9.17) is 10.5 Å². The Morgan fingerprint density at radius 2 is 2.29 bits per heavy atom. The van der Waals surface area contributed by atoms with Gasteiger partial charge in [-0.2, -0.15) is 0 Å². The lowest BCUT2D eigenvalue weighted by Gasteiger charge is -2.32. The van der Waals surface area contributed by atoms with Crippen molar-refractivity contribution in [3.8, 4) is 0 Å². The van der Waals surface area contributed by atoms with Crippen LogP contribution in [0.4, 0.5) is 8.78 Å². The van der Waals surface area contributed by atoms with Crippen LogP contribution in [0, 0.1) is 5.92 Å². The van der Waals surface area contributed by atoms with Crippen LogP contribution in [0.3, 0.4) is 0 Å². The quantitative estimate of drug-likeness (QED) is 0.694. The molecule has 0 spiro atoms. The van der Waals surface area contributed by atoms with Crippen molar-refractivity contribution in [1.29, 1.82) is 0 Å². The standard InChI is InChI=1S/C9H15F2NO2/c1-2-14-8(13)6-5-9(10,11)4-3-7(6)12/h6-7H,2-5,12H2,1H3. The monoisotopic (exact) mass is 207 g/mol. The molecular formula is C9H15F2NO2. The molecule has 0 amide bonds. The molecular weight excluding hydrogens is 192 g/mol. The van der Waals surface area contributed by atoms with Crippen molar-refractivity contribution in [2.75, 3.05) is 6.61 Å². The molecule has 2 N–H and O–H groups in total. The third-order valence-corrected chi connectivity index (χ3v) is 2.47. The van der Waals surface area contributed by atoms with E-state index >= 15 is 0 Å². The second kappa shape index (κ2) is 4.21. The Hall–Kier alpha value is -0.710. The fourth-order valence-electron chi connectivity index (χ4n) is 1.66. The minimum absolute atomic E-state index is 0.177. The highest BCUT2D eigenvalue weighted by Crippen LogP contribution is 2.36. The van der Waals surface area contributed by atoms with E-state index in [1.165, 1.54) is 0 Å². The molecule has 1 fully saturated rings. The van der Waals surface area contributed by atoms with E-state index in [2.05, 4.69) is 0 Å². The van der Waals surface area contributed by atoms with E-state index in [9.17, 15) is 13.6 Å².